The Morgan fingerprint density at radius 2 is 1.81 bits per heavy atom. The maximum absolute atomic E-state index is 13.1. The van der Waals surface area contributed by atoms with E-state index < -0.39 is 0 Å². The number of rotatable bonds is 4. The molecule has 4 rings (SSSR count). The van der Waals surface area contributed by atoms with Crippen molar-refractivity contribution in [1.82, 2.24) is 0 Å². The molecule has 2 aromatic rings. The molecule has 1 N–H and O–H groups in total. The first-order valence-electron chi connectivity index (χ1n) is 9.17. The van der Waals surface area contributed by atoms with E-state index in [4.69, 9.17) is 0 Å². The first-order chi connectivity index (χ1) is 12.5. The van der Waals surface area contributed by atoms with E-state index in [0.29, 0.717) is 6.04 Å². The summed E-state index contributed by atoms with van der Waals surface area (Å²) in [5, 5.41) is 3.50. The topological polar surface area (TPSA) is 35.6 Å². The van der Waals surface area contributed by atoms with Gasteiger partial charge < -0.3 is 15.1 Å². The molecule has 0 aromatic heterocycles. The summed E-state index contributed by atoms with van der Waals surface area (Å²) in [6.45, 7) is 4.05. The van der Waals surface area contributed by atoms with E-state index in [2.05, 4.69) is 23.2 Å². The Hall–Kier alpha value is -2.56. The summed E-state index contributed by atoms with van der Waals surface area (Å²) in [5.41, 5.74) is 4.10. The summed E-state index contributed by atoms with van der Waals surface area (Å²) in [6, 6.07) is 13.1. The number of nitrogens with zero attached hydrogens (tertiary/aromatic N) is 2. The largest absolute Gasteiger partial charge is 0.378 e. The third kappa shape index (κ3) is 2.91. The Kier molecular flexibility index (Phi) is 4.10. The number of amides is 1. The van der Waals surface area contributed by atoms with Crippen LogP contribution in [0.25, 0.3) is 0 Å². The first kappa shape index (κ1) is 16.9. The van der Waals surface area contributed by atoms with Crippen LogP contribution in [0.5, 0.6) is 0 Å². The van der Waals surface area contributed by atoms with Gasteiger partial charge in [0, 0.05) is 24.8 Å². The van der Waals surface area contributed by atoms with Crippen LogP contribution in [0.1, 0.15) is 38.3 Å². The summed E-state index contributed by atoms with van der Waals surface area (Å²) in [4.78, 5) is 16.6. The highest BCUT2D eigenvalue weighted by atomic mass is 19.1. The van der Waals surface area contributed by atoms with Crippen LogP contribution < -0.4 is 15.1 Å². The van der Waals surface area contributed by atoms with E-state index in [1.54, 1.807) is 17.0 Å². The van der Waals surface area contributed by atoms with Crippen LogP contribution >= 0.6 is 0 Å². The zero-order valence-electron chi connectivity index (χ0n) is 15.4. The minimum Gasteiger partial charge on any atom is -0.378 e. The second-order valence-electron chi connectivity index (χ2n) is 7.33. The fourth-order valence-electron chi connectivity index (χ4n) is 3.78. The summed E-state index contributed by atoms with van der Waals surface area (Å²) in [6.07, 6.45) is 2.29. The van der Waals surface area contributed by atoms with Crippen molar-refractivity contribution in [3.05, 3.63) is 53.8 Å². The van der Waals surface area contributed by atoms with Crippen LogP contribution in [0, 0.1) is 5.82 Å². The molecule has 1 aliphatic carbocycles. The van der Waals surface area contributed by atoms with Gasteiger partial charge in [-0.2, -0.15) is 0 Å². The maximum atomic E-state index is 13.1. The summed E-state index contributed by atoms with van der Waals surface area (Å²) >= 11 is 0. The number of halogens is 1. The lowest BCUT2D eigenvalue weighted by Gasteiger charge is -2.41. The van der Waals surface area contributed by atoms with Crippen LogP contribution in [-0.2, 0) is 4.79 Å². The number of likely N-dealkylation sites (N-methyl/N-ethyl adjacent to an activating group) is 1. The van der Waals surface area contributed by atoms with Crippen molar-refractivity contribution in [2.45, 2.75) is 44.8 Å². The van der Waals surface area contributed by atoms with Crippen molar-refractivity contribution in [3.8, 4) is 0 Å². The molecule has 4 nitrogen and oxygen atoms in total. The van der Waals surface area contributed by atoms with Gasteiger partial charge in [0.25, 0.3) is 0 Å². The molecule has 1 unspecified atom stereocenters. The molecule has 0 saturated heterocycles. The molecule has 0 bridgehead atoms. The van der Waals surface area contributed by atoms with Gasteiger partial charge in [-0.3, -0.25) is 4.79 Å². The summed E-state index contributed by atoms with van der Waals surface area (Å²) in [7, 11) is 1.84. The molecule has 1 fully saturated rings. The third-order valence-electron chi connectivity index (χ3n) is 5.41. The molecule has 1 amide bonds. The van der Waals surface area contributed by atoms with E-state index in [0.717, 1.165) is 35.5 Å². The van der Waals surface area contributed by atoms with Crippen LogP contribution in [0.3, 0.4) is 0 Å². The molecule has 26 heavy (non-hydrogen) atoms. The molecule has 2 aromatic carbocycles. The minimum absolute atomic E-state index is 0.0587. The number of benzene rings is 2. The van der Waals surface area contributed by atoms with Gasteiger partial charge in [-0.1, -0.05) is 12.1 Å². The summed E-state index contributed by atoms with van der Waals surface area (Å²) < 4.78 is 13.1. The molecule has 136 valence electrons. The monoisotopic (exact) mass is 353 g/mol. The standard InChI is InChI=1S/C21H24FN3O/c1-13(15-4-6-16(22)7-5-15)23-17-8-11-19-20(12-17)25(18-9-10-18)14(2)21(26)24(19)3/h4-8,11-14,18,23H,9-10H2,1-3H3/t13-,14?/m0/s1. The SMILES string of the molecule is CC1C(=O)N(C)c2ccc(N[C@@H](C)c3ccc(F)cc3)cc2N1C1CC1. The van der Waals surface area contributed by atoms with Gasteiger partial charge in [0.2, 0.25) is 5.91 Å². The average Bonchev–Trinajstić information content (AvgIpc) is 3.45. The van der Waals surface area contributed by atoms with Crippen LogP contribution in [0.4, 0.5) is 21.5 Å². The number of fused-ring (bicyclic) bond motifs is 1. The molecule has 2 aliphatic rings. The second kappa shape index (κ2) is 6.31. The summed E-state index contributed by atoms with van der Waals surface area (Å²) in [5.74, 6) is -0.0821. The number of carbonyl (C=O) groups excluding carboxylic acids is 1. The predicted molar refractivity (Wildman–Crippen MR) is 103 cm³/mol. The quantitative estimate of drug-likeness (QED) is 0.888. The zero-order chi connectivity index (χ0) is 18.4. The Balaban J connectivity index is 1.63. The predicted octanol–water partition coefficient (Wildman–Crippen LogP) is 4.33. The lowest BCUT2D eigenvalue weighted by molar-refractivity contribution is -0.119. The normalized spacial score (nSPS) is 20.8. The fourth-order valence-corrected chi connectivity index (χ4v) is 3.78. The zero-order valence-corrected chi connectivity index (χ0v) is 15.4. The first-order valence-corrected chi connectivity index (χ1v) is 9.17. The van der Waals surface area contributed by atoms with Crippen molar-refractivity contribution in [3.63, 3.8) is 0 Å². The van der Waals surface area contributed by atoms with Crippen LogP contribution in [0.2, 0.25) is 0 Å². The lowest BCUT2D eigenvalue weighted by atomic mass is 10.1. The van der Waals surface area contributed by atoms with Gasteiger partial charge in [0.15, 0.2) is 0 Å². The van der Waals surface area contributed by atoms with Crippen molar-refractivity contribution in [2.24, 2.45) is 0 Å². The van der Waals surface area contributed by atoms with E-state index in [-0.39, 0.29) is 23.8 Å². The molecular weight excluding hydrogens is 329 g/mol. The Morgan fingerprint density at radius 1 is 1.12 bits per heavy atom. The van der Waals surface area contributed by atoms with Crippen molar-refractivity contribution in [2.75, 3.05) is 22.2 Å². The van der Waals surface area contributed by atoms with E-state index in [9.17, 15) is 9.18 Å². The molecular formula is C21H24FN3O. The average molecular weight is 353 g/mol. The highest BCUT2D eigenvalue weighted by Gasteiger charge is 2.41. The molecule has 0 spiro atoms. The number of anilines is 3. The van der Waals surface area contributed by atoms with Gasteiger partial charge in [-0.05, 0) is 62.6 Å². The van der Waals surface area contributed by atoms with E-state index >= 15 is 0 Å². The number of carbonyl (C=O) groups is 1. The molecule has 1 saturated carbocycles. The van der Waals surface area contributed by atoms with Crippen molar-refractivity contribution >= 4 is 23.0 Å². The molecule has 5 heteroatoms. The van der Waals surface area contributed by atoms with Gasteiger partial charge in [0.1, 0.15) is 11.9 Å². The van der Waals surface area contributed by atoms with Gasteiger partial charge in [0.05, 0.1) is 11.4 Å². The van der Waals surface area contributed by atoms with E-state index in [1.165, 1.54) is 12.1 Å². The minimum atomic E-state index is -0.225. The number of hydrogen-bond acceptors (Lipinski definition) is 3. The molecule has 1 heterocycles. The Bertz CT molecular complexity index is 832. The van der Waals surface area contributed by atoms with Gasteiger partial charge in [-0.15, -0.1) is 0 Å². The molecule has 0 radical (unpaired) electrons. The van der Waals surface area contributed by atoms with Crippen LogP contribution in [0.15, 0.2) is 42.5 Å². The maximum Gasteiger partial charge on any atom is 0.249 e. The molecule has 1 aliphatic heterocycles. The van der Waals surface area contributed by atoms with Crippen LogP contribution in [-0.4, -0.2) is 25.0 Å². The lowest BCUT2D eigenvalue weighted by Crippen LogP contribution is -2.51. The highest BCUT2D eigenvalue weighted by Crippen LogP contribution is 2.43. The van der Waals surface area contributed by atoms with E-state index in [1.807, 2.05) is 26.1 Å². The molecule has 2 atom stereocenters. The van der Waals surface area contributed by atoms with Crippen molar-refractivity contribution < 1.29 is 9.18 Å². The Morgan fingerprint density at radius 3 is 2.46 bits per heavy atom. The third-order valence-corrected chi connectivity index (χ3v) is 5.41. The Labute approximate surface area is 153 Å². The van der Waals surface area contributed by atoms with Gasteiger partial charge >= 0.3 is 0 Å². The van der Waals surface area contributed by atoms with Gasteiger partial charge in [-0.25, -0.2) is 4.39 Å². The number of hydrogen-bond donors (Lipinski definition) is 1. The number of nitrogens with one attached hydrogen (secondary N) is 1. The second-order valence-corrected chi connectivity index (χ2v) is 7.33. The fraction of sp³-hybridized carbons (Fsp3) is 0.381. The highest BCUT2D eigenvalue weighted by molar-refractivity contribution is 6.05. The smallest absolute Gasteiger partial charge is 0.249 e. The van der Waals surface area contributed by atoms with Crippen molar-refractivity contribution in [1.29, 1.82) is 0 Å².